The zero-order valence-electron chi connectivity index (χ0n) is 21.8. The molecule has 1 saturated heterocycles. The van der Waals surface area contributed by atoms with Crippen molar-refractivity contribution in [2.24, 2.45) is 0 Å². The van der Waals surface area contributed by atoms with Gasteiger partial charge in [-0.3, -0.25) is 9.69 Å². The van der Waals surface area contributed by atoms with E-state index in [-0.39, 0.29) is 19.1 Å². The molecule has 2 heterocycles. The molecule has 1 aliphatic heterocycles. The quantitative estimate of drug-likeness (QED) is 0.451. The molecule has 2 aromatic carbocycles. The number of nitrogens with zero attached hydrogens (tertiary/aromatic N) is 4. The number of aryl methyl sites for hydroxylation is 1. The van der Waals surface area contributed by atoms with Gasteiger partial charge in [0.15, 0.2) is 11.5 Å². The zero-order valence-corrected chi connectivity index (χ0v) is 21.8. The van der Waals surface area contributed by atoms with Crippen molar-refractivity contribution in [1.29, 1.82) is 0 Å². The monoisotopic (exact) mass is 508 g/mol. The van der Waals surface area contributed by atoms with Crippen LogP contribution in [0.4, 0.5) is 0 Å². The minimum atomic E-state index is -1.22. The van der Waals surface area contributed by atoms with E-state index in [1.165, 1.54) is 6.92 Å². The average Bonchev–Trinajstić information content (AvgIpc) is 3.33. The van der Waals surface area contributed by atoms with Crippen LogP contribution in [0.25, 0.3) is 0 Å². The van der Waals surface area contributed by atoms with Crippen LogP contribution in [0, 0.1) is 6.92 Å². The second-order valence-corrected chi connectivity index (χ2v) is 9.61. The second-order valence-electron chi connectivity index (χ2n) is 9.61. The lowest BCUT2D eigenvalue weighted by Crippen LogP contribution is -2.51. The molecule has 4 rings (SSSR count). The van der Waals surface area contributed by atoms with Crippen molar-refractivity contribution < 1.29 is 24.1 Å². The zero-order chi connectivity index (χ0) is 26.3. The van der Waals surface area contributed by atoms with Gasteiger partial charge < -0.3 is 28.8 Å². The van der Waals surface area contributed by atoms with E-state index in [9.17, 15) is 9.90 Å². The Bertz CT molecular complexity index is 1150. The number of methoxy groups -OCH3 is 1. The van der Waals surface area contributed by atoms with Gasteiger partial charge in [-0.25, -0.2) is 4.98 Å². The first kappa shape index (κ1) is 26.5. The molecule has 9 nitrogen and oxygen atoms in total. The van der Waals surface area contributed by atoms with Crippen LogP contribution < -0.4 is 14.2 Å². The molecule has 1 aromatic heterocycles. The SMILES string of the molecule is COc1ccc(CN2CCN(C(C)=O)C[C@@](O)(COc3ccc(C)cc3)C2)cc1OCCn1ccnc1. The van der Waals surface area contributed by atoms with Crippen molar-refractivity contribution in [2.75, 3.05) is 46.5 Å². The van der Waals surface area contributed by atoms with Crippen LogP contribution in [0.2, 0.25) is 0 Å². The van der Waals surface area contributed by atoms with E-state index in [0.717, 1.165) is 11.1 Å². The summed E-state index contributed by atoms with van der Waals surface area (Å²) >= 11 is 0. The Morgan fingerprint density at radius 1 is 1.08 bits per heavy atom. The third-order valence-corrected chi connectivity index (χ3v) is 6.46. The van der Waals surface area contributed by atoms with Gasteiger partial charge in [0, 0.05) is 45.5 Å². The smallest absolute Gasteiger partial charge is 0.219 e. The number of aromatic nitrogens is 2. The van der Waals surface area contributed by atoms with Crippen LogP contribution in [-0.2, 0) is 17.9 Å². The van der Waals surface area contributed by atoms with Crippen molar-refractivity contribution in [3.8, 4) is 17.2 Å². The van der Waals surface area contributed by atoms with E-state index in [4.69, 9.17) is 14.2 Å². The van der Waals surface area contributed by atoms with Crippen LogP contribution in [0.1, 0.15) is 18.1 Å². The molecular weight excluding hydrogens is 472 g/mol. The molecule has 0 radical (unpaired) electrons. The highest BCUT2D eigenvalue weighted by atomic mass is 16.5. The molecule has 1 amide bonds. The van der Waals surface area contributed by atoms with Crippen molar-refractivity contribution in [3.63, 3.8) is 0 Å². The van der Waals surface area contributed by atoms with Gasteiger partial charge in [0.25, 0.3) is 0 Å². The van der Waals surface area contributed by atoms with Crippen molar-refractivity contribution in [1.82, 2.24) is 19.4 Å². The Kier molecular flexibility index (Phi) is 8.68. The Balaban J connectivity index is 1.44. The van der Waals surface area contributed by atoms with E-state index in [2.05, 4.69) is 9.88 Å². The standard InChI is InChI=1S/C28H36N4O5/c1-22-4-7-25(8-5-22)37-20-28(34)18-31(12-13-32(19-28)23(2)33)17-24-6-9-26(35-3)27(16-24)36-15-14-30-11-10-29-21-30/h4-11,16,21,34H,12-15,17-20H2,1-3H3/t28-/m1/s1. The second kappa shape index (κ2) is 12.1. The van der Waals surface area contributed by atoms with E-state index in [0.29, 0.717) is 56.6 Å². The van der Waals surface area contributed by atoms with Gasteiger partial charge in [-0.05, 0) is 36.8 Å². The van der Waals surface area contributed by atoms with E-state index >= 15 is 0 Å². The molecule has 0 unspecified atom stereocenters. The number of benzene rings is 2. The number of rotatable bonds is 10. The number of aliphatic hydroxyl groups is 1. The summed E-state index contributed by atoms with van der Waals surface area (Å²) in [6.45, 7) is 7.12. The van der Waals surface area contributed by atoms with Crippen molar-refractivity contribution in [2.45, 2.75) is 32.5 Å². The van der Waals surface area contributed by atoms with Gasteiger partial charge in [0.2, 0.25) is 5.91 Å². The van der Waals surface area contributed by atoms with Crippen LogP contribution in [0.3, 0.4) is 0 Å². The fourth-order valence-electron chi connectivity index (χ4n) is 4.46. The molecule has 198 valence electrons. The number of β-amino-alcohol motifs (C(OH)–C–C–N with tert-alkyl or cyclic N) is 1. The van der Waals surface area contributed by atoms with Gasteiger partial charge in [-0.15, -0.1) is 0 Å². The molecular formula is C28H36N4O5. The first-order chi connectivity index (χ1) is 17.8. The van der Waals surface area contributed by atoms with E-state index < -0.39 is 5.60 Å². The van der Waals surface area contributed by atoms with Crippen LogP contribution in [0.5, 0.6) is 17.2 Å². The van der Waals surface area contributed by atoms with E-state index in [1.807, 2.05) is 60.2 Å². The summed E-state index contributed by atoms with van der Waals surface area (Å²) in [7, 11) is 1.62. The van der Waals surface area contributed by atoms with Crippen LogP contribution in [-0.4, -0.2) is 82.5 Å². The highest BCUT2D eigenvalue weighted by Gasteiger charge is 2.37. The number of hydrogen-bond acceptors (Lipinski definition) is 7. The molecule has 0 aliphatic carbocycles. The summed E-state index contributed by atoms with van der Waals surface area (Å²) < 4.78 is 19.4. The summed E-state index contributed by atoms with van der Waals surface area (Å²) in [5, 5.41) is 11.6. The van der Waals surface area contributed by atoms with Gasteiger partial charge in [0.1, 0.15) is 24.6 Å². The summed E-state index contributed by atoms with van der Waals surface area (Å²) in [5.41, 5.74) is 0.944. The summed E-state index contributed by atoms with van der Waals surface area (Å²) in [6, 6.07) is 13.6. The topological polar surface area (TPSA) is 89.3 Å². The minimum Gasteiger partial charge on any atom is -0.493 e. The Morgan fingerprint density at radius 2 is 1.89 bits per heavy atom. The summed E-state index contributed by atoms with van der Waals surface area (Å²) in [4.78, 5) is 20.1. The molecule has 3 aromatic rings. The maximum atomic E-state index is 12.2. The lowest BCUT2D eigenvalue weighted by molar-refractivity contribution is -0.132. The molecule has 9 heteroatoms. The predicted molar refractivity (Wildman–Crippen MR) is 140 cm³/mol. The number of hydrogen-bond donors (Lipinski definition) is 1. The molecule has 37 heavy (non-hydrogen) atoms. The molecule has 1 fully saturated rings. The van der Waals surface area contributed by atoms with Crippen LogP contribution in [0.15, 0.2) is 61.2 Å². The summed E-state index contributed by atoms with van der Waals surface area (Å²) in [6.07, 6.45) is 5.39. The maximum absolute atomic E-state index is 12.2. The largest absolute Gasteiger partial charge is 0.493 e. The van der Waals surface area contributed by atoms with E-state index in [1.54, 1.807) is 24.5 Å². The average molecular weight is 509 g/mol. The number of carbonyl (C=O) groups is 1. The van der Waals surface area contributed by atoms with Crippen molar-refractivity contribution >= 4 is 5.91 Å². The Morgan fingerprint density at radius 3 is 2.59 bits per heavy atom. The van der Waals surface area contributed by atoms with Gasteiger partial charge in [0.05, 0.1) is 26.5 Å². The highest BCUT2D eigenvalue weighted by Crippen LogP contribution is 2.29. The Hall–Kier alpha value is -3.56. The lowest BCUT2D eigenvalue weighted by atomic mass is 10.0. The molecule has 0 bridgehead atoms. The predicted octanol–water partition coefficient (Wildman–Crippen LogP) is 2.75. The summed E-state index contributed by atoms with van der Waals surface area (Å²) in [5.74, 6) is 1.96. The molecule has 1 atom stereocenters. The van der Waals surface area contributed by atoms with Gasteiger partial charge in [-0.1, -0.05) is 23.8 Å². The third-order valence-electron chi connectivity index (χ3n) is 6.46. The van der Waals surface area contributed by atoms with Gasteiger partial charge >= 0.3 is 0 Å². The molecule has 0 saturated carbocycles. The van der Waals surface area contributed by atoms with Crippen molar-refractivity contribution in [3.05, 3.63) is 72.3 Å². The maximum Gasteiger partial charge on any atom is 0.219 e. The molecule has 1 N–H and O–H groups in total. The normalized spacial score (nSPS) is 18.3. The number of amides is 1. The Labute approximate surface area is 218 Å². The fraction of sp³-hybridized carbons (Fsp3) is 0.429. The third kappa shape index (κ3) is 7.47. The highest BCUT2D eigenvalue weighted by molar-refractivity contribution is 5.73. The number of imidazole rings is 1. The van der Waals surface area contributed by atoms with Crippen LogP contribution >= 0.6 is 0 Å². The van der Waals surface area contributed by atoms with Gasteiger partial charge in [-0.2, -0.15) is 0 Å². The molecule has 0 spiro atoms. The first-order valence-electron chi connectivity index (χ1n) is 12.5. The number of ether oxygens (including phenoxy) is 3. The first-order valence-corrected chi connectivity index (χ1v) is 12.5. The lowest BCUT2D eigenvalue weighted by Gasteiger charge is -2.32. The molecule has 1 aliphatic rings. The fourth-order valence-corrected chi connectivity index (χ4v) is 4.46. The number of carbonyl (C=O) groups excluding carboxylic acids is 1. The minimum absolute atomic E-state index is 0.0614.